The molecule has 1 aliphatic heterocycles. The second-order valence-corrected chi connectivity index (χ2v) is 3.47. The third kappa shape index (κ3) is 2.76. The molecule has 6 heteroatoms. The Hall–Kier alpha value is -1.43. The Morgan fingerprint density at radius 1 is 1.73 bits per heavy atom. The van der Waals surface area contributed by atoms with Crippen molar-refractivity contribution in [2.45, 2.75) is 25.4 Å². The van der Waals surface area contributed by atoms with Crippen molar-refractivity contribution in [1.29, 1.82) is 0 Å². The Balaban J connectivity index is 1.67. The molecule has 1 saturated heterocycles. The van der Waals surface area contributed by atoms with E-state index in [-0.39, 0.29) is 12.0 Å². The Bertz CT molecular complexity index is 306. The molecular formula is C9H14N4O2. The van der Waals surface area contributed by atoms with E-state index in [9.17, 15) is 4.79 Å². The maximum absolute atomic E-state index is 11.5. The van der Waals surface area contributed by atoms with E-state index in [0.717, 1.165) is 18.7 Å². The van der Waals surface area contributed by atoms with Crippen LogP contribution in [0, 0.1) is 0 Å². The van der Waals surface area contributed by atoms with E-state index in [1.54, 1.807) is 0 Å². The van der Waals surface area contributed by atoms with Gasteiger partial charge in [0.2, 0.25) is 5.91 Å². The van der Waals surface area contributed by atoms with Crippen molar-refractivity contribution in [1.82, 2.24) is 20.5 Å². The van der Waals surface area contributed by atoms with Crippen LogP contribution in [0.4, 0.5) is 0 Å². The van der Waals surface area contributed by atoms with E-state index in [1.807, 2.05) is 0 Å². The summed E-state index contributed by atoms with van der Waals surface area (Å²) >= 11 is 0. The molecule has 0 saturated carbocycles. The Morgan fingerprint density at radius 3 is 3.33 bits per heavy atom. The van der Waals surface area contributed by atoms with E-state index in [0.29, 0.717) is 19.6 Å². The van der Waals surface area contributed by atoms with Gasteiger partial charge in [0.25, 0.3) is 0 Å². The average molecular weight is 210 g/mol. The smallest absolute Gasteiger partial charge is 0.249 e. The Kier molecular flexibility index (Phi) is 3.29. The van der Waals surface area contributed by atoms with Gasteiger partial charge in [0.05, 0.1) is 0 Å². The molecule has 6 nitrogen and oxygen atoms in total. The largest absolute Gasteiger partial charge is 0.368 e. The molecule has 1 fully saturated rings. The van der Waals surface area contributed by atoms with Crippen molar-refractivity contribution in [3.63, 3.8) is 0 Å². The fourth-order valence-corrected chi connectivity index (χ4v) is 1.55. The van der Waals surface area contributed by atoms with Gasteiger partial charge < -0.3 is 10.1 Å². The summed E-state index contributed by atoms with van der Waals surface area (Å²) in [6, 6.07) is 0. The fraction of sp³-hybridized carbons (Fsp3) is 0.667. The summed E-state index contributed by atoms with van der Waals surface area (Å²) in [6.07, 6.45) is 3.67. The predicted octanol–water partition coefficient (Wildman–Crippen LogP) is -0.358. The van der Waals surface area contributed by atoms with Gasteiger partial charge in [0.15, 0.2) is 0 Å². The highest BCUT2D eigenvalue weighted by molar-refractivity contribution is 5.80. The van der Waals surface area contributed by atoms with E-state index < -0.39 is 0 Å². The van der Waals surface area contributed by atoms with Crippen molar-refractivity contribution >= 4 is 5.91 Å². The Morgan fingerprint density at radius 2 is 2.67 bits per heavy atom. The van der Waals surface area contributed by atoms with E-state index >= 15 is 0 Å². The van der Waals surface area contributed by atoms with Gasteiger partial charge in [-0.3, -0.25) is 9.89 Å². The molecule has 0 aliphatic carbocycles. The number of rotatable bonds is 4. The topological polar surface area (TPSA) is 79.9 Å². The van der Waals surface area contributed by atoms with Crippen LogP contribution in [-0.2, 0) is 16.0 Å². The first kappa shape index (κ1) is 10.1. The van der Waals surface area contributed by atoms with Crippen LogP contribution in [-0.4, -0.2) is 40.3 Å². The summed E-state index contributed by atoms with van der Waals surface area (Å²) in [4.78, 5) is 15.5. The van der Waals surface area contributed by atoms with Crippen molar-refractivity contribution < 1.29 is 9.53 Å². The molecule has 1 aromatic rings. The van der Waals surface area contributed by atoms with Crippen molar-refractivity contribution in [2.75, 3.05) is 13.2 Å². The third-order valence-electron chi connectivity index (χ3n) is 2.35. The van der Waals surface area contributed by atoms with Crippen molar-refractivity contribution in [3.05, 3.63) is 12.2 Å². The van der Waals surface area contributed by atoms with Crippen LogP contribution in [0.15, 0.2) is 6.33 Å². The van der Waals surface area contributed by atoms with Crippen LogP contribution in [0.2, 0.25) is 0 Å². The standard InChI is InChI=1S/C9H14N4O2/c14-9(7-2-1-5-15-7)10-4-3-8-11-6-12-13-8/h6-7H,1-5H2,(H,10,14)(H,11,12,13)/t7-/m1/s1. The molecule has 0 bridgehead atoms. The van der Waals surface area contributed by atoms with E-state index in [2.05, 4.69) is 20.5 Å². The normalized spacial score (nSPS) is 20.4. The number of amides is 1. The lowest BCUT2D eigenvalue weighted by Crippen LogP contribution is -2.35. The second kappa shape index (κ2) is 4.88. The van der Waals surface area contributed by atoms with Crippen LogP contribution in [0.25, 0.3) is 0 Å². The van der Waals surface area contributed by atoms with Gasteiger partial charge in [-0.05, 0) is 12.8 Å². The first-order chi connectivity index (χ1) is 7.36. The quantitative estimate of drug-likeness (QED) is 0.711. The molecule has 82 valence electrons. The third-order valence-corrected chi connectivity index (χ3v) is 2.35. The zero-order valence-electron chi connectivity index (χ0n) is 8.40. The highest BCUT2D eigenvalue weighted by Gasteiger charge is 2.22. The van der Waals surface area contributed by atoms with Gasteiger partial charge in [0.1, 0.15) is 18.3 Å². The minimum atomic E-state index is -0.250. The summed E-state index contributed by atoms with van der Waals surface area (Å²) in [5.41, 5.74) is 0. The zero-order chi connectivity index (χ0) is 10.5. The molecular weight excluding hydrogens is 196 g/mol. The summed E-state index contributed by atoms with van der Waals surface area (Å²) in [5, 5.41) is 9.27. The van der Waals surface area contributed by atoms with Crippen LogP contribution in [0.1, 0.15) is 18.7 Å². The number of carbonyl (C=O) groups is 1. The summed E-state index contributed by atoms with van der Waals surface area (Å²) in [6.45, 7) is 1.26. The Labute approximate surface area is 87.4 Å². The number of hydrogen-bond donors (Lipinski definition) is 2. The molecule has 2 rings (SSSR count). The number of H-pyrrole nitrogens is 1. The molecule has 2 heterocycles. The van der Waals surface area contributed by atoms with Gasteiger partial charge >= 0.3 is 0 Å². The molecule has 1 atom stereocenters. The predicted molar refractivity (Wildman–Crippen MR) is 52.1 cm³/mol. The number of nitrogens with one attached hydrogen (secondary N) is 2. The number of aromatic amines is 1. The van der Waals surface area contributed by atoms with Gasteiger partial charge in [-0.15, -0.1) is 0 Å². The summed E-state index contributed by atoms with van der Waals surface area (Å²) in [7, 11) is 0. The minimum absolute atomic E-state index is 0.0213. The molecule has 0 unspecified atom stereocenters. The van der Waals surface area contributed by atoms with Gasteiger partial charge in [0, 0.05) is 19.6 Å². The van der Waals surface area contributed by atoms with Gasteiger partial charge in [-0.1, -0.05) is 0 Å². The van der Waals surface area contributed by atoms with E-state index in [4.69, 9.17) is 4.74 Å². The van der Waals surface area contributed by atoms with Gasteiger partial charge in [-0.2, -0.15) is 5.10 Å². The molecule has 2 N–H and O–H groups in total. The minimum Gasteiger partial charge on any atom is -0.368 e. The molecule has 1 amide bonds. The van der Waals surface area contributed by atoms with Gasteiger partial charge in [-0.25, -0.2) is 4.98 Å². The van der Waals surface area contributed by atoms with Crippen LogP contribution in [0.3, 0.4) is 0 Å². The monoisotopic (exact) mass is 210 g/mol. The highest BCUT2D eigenvalue weighted by Crippen LogP contribution is 2.11. The van der Waals surface area contributed by atoms with Crippen LogP contribution < -0.4 is 5.32 Å². The molecule has 15 heavy (non-hydrogen) atoms. The maximum atomic E-state index is 11.5. The van der Waals surface area contributed by atoms with Crippen LogP contribution >= 0.6 is 0 Å². The van der Waals surface area contributed by atoms with Crippen molar-refractivity contribution in [2.24, 2.45) is 0 Å². The molecule has 1 aliphatic rings. The lowest BCUT2D eigenvalue weighted by Gasteiger charge is -2.09. The lowest BCUT2D eigenvalue weighted by molar-refractivity contribution is -0.129. The number of ether oxygens (including phenoxy) is 1. The molecule has 1 aromatic heterocycles. The molecule has 0 aromatic carbocycles. The maximum Gasteiger partial charge on any atom is 0.249 e. The summed E-state index contributed by atoms with van der Waals surface area (Å²) in [5.74, 6) is 0.759. The van der Waals surface area contributed by atoms with Crippen LogP contribution in [0.5, 0.6) is 0 Å². The number of carbonyl (C=O) groups excluding carboxylic acids is 1. The number of aromatic nitrogens is 3. The number of hydrogen-bond acceptors (Lipinski definition) is 4. The average Bonchev–Trinajstić information content (AvgIpc) is 2.90. The first-order valence-corrected chi connectivity index (χ1v) is 5.10. The lowest BCUT2D eigenvalue weighted by atomic mass is 10.2. The first-order valence-electron chi connectivity index (χ1n) is 5.10. The van der Waals surface area contributed by atoms with Crippen molar-refractivity contribution in [3.8, 4) is 0 Å². The number of nitrogens with zero attached hydrogens (tertiary/aromatic N) is 2. The zero-order valence-corrected chi connectivity index (χ0v) is 8.40. The highest BCUT2D eigenvalue weighted by atomic mass is 16.5. The SMILES string of the molecule is O=C(NCCc1ncn[nH]1)[C@H]1CCCO1. The molecule has 0 spiro atoms. The molecule has 0 radical (unpaired) electrons. The second-order valence-electron chi connectivity index (χ2n) is 3.47. The van der Waals surface area contributed by atoms with E-state index in [1.165, 1.54) is 6.33 Å². The fourth-order valence-electron chi connectivity index (χ4n) is 1.55. The summed E-state index contributed by atoms with van der Waals surface area (Å²) < 4.78 is 5.25.